The van der Waals surface area contributed by atoms with Gasteiger partial charge in [-0.1, -0.05) is 48.2 Å². The predicted molar refractivity (Wildman–Crippen MR) is 116 cm³/mol. The van der Waals surface area contributed by atoms with Crippen LogP contribution in [0.2, 0.25) is 0 Å². The molecule has 3 aromatic rings. The minimum Gasteiger partial charge on any atom is -0.494 e. The van der Waals surface area contributed by atoms with Crippen molar-refractivity contribution in [1.29, 1.82) is 0 Å². The lowest BCUT2D eigenvalue weighted by Crippen LogP contribution is -2.31. The molecule has 1 heterocycles. The van der Waals surface area contributed by atoms with Gasteiger partial charge in [0.05, 0.1) is 22.8 Å². The van der Waals surface area contributed by atoms with Gasteiger partial charge < -0.3 is 4.74 Å². The summed E-state index contributed by atoms with van der Waals surface area (Å²) in [6.45, 7) is 2.33. The molecule has 0 saturated heterocycles. The van der Waals surface area contributed by atoms with Crippen molar-refractivity contribution in [2.75, 3.05) is 11.5 Å². The minimum absolute atomic E-state index is 0.260. The third-order valence-electron chi connectivity index (χ3n) is 4.52. The molecule has 4 nitrogen and oxygen atoms in total. The molecule has 0 aliphatic carbocycles. The van der Waals surface area contributed by atoms with E-state index >= 15 is 0 Å². The zero-order valence-corrected chi connectivity index (χ0v) is 17.0. The highest BCUT2D eigenvalue weighted by Crippen LogP contribution is 2.41. The van der Waals surface area contributed by atoms with Crippen LogP contribution in [0.1, 0.15) is 12.5 Å². The van der Waals surface area contributed by atoms with Crippen LogP contribution in [0, 0.1) is 5.82 Å². The van der Waals surface area contributed by atoms with Crippen LogP contribution in [-0.2, 0) is 9.59 Å². The Morgan fingerprint density at radius 2 is 1.63 bits per heavy atom. The molecule has 0 spiro atoms. The summed E-state index contributed by atoms with van der Waals surface area (Å²) in [5.41, 5.74) is 1.19. The van der Waals surface area contributed by atoms with Gasteiger partial charge in [-0.3, -0.25) is 9.59 Å². The first-order valence-electron chi connectivity index (χ1n) is 9.43. The fourth-order valence-electron chi connectivity index (χ4n) is 3.20. The number of amides is 2. The van der Waals surface area contributed by atoms with Crippen molar-refractivity contribution in [3.8, 4) is 5.75 Å². The van der Waals surface area contributed by atoms with Gasteiger partial charge in [-0.25, -0.2) is 9.29 Å². The number of carbonyl (C=O) groups excluding carboxylic acids is 2. The summed E-state index contributed by atoms with van der Waals surface area (Å²) in [6, 6.07) is 21.8. The largest absolute Gasteiger partial charge is 0.494 e. The number of ether oxygens (including phenoxy) is 1. The van der Waals surface area contributed by atoms with Gasteiger partial charge >= 0.3 is 0 Å². The number of anilines is 1. The van der Waals surface area contributed by atoms with Gasteiger partial charge in [0.1, 0.15) is 11.6 Å². The molecular weight excluding hydrogens is 401 g/mol. The molecular formula is C24H18FNO3S. The van der Waals surface area contributed by atoms with Gasteiger partial charge in [-0.2, -0.15) is 0 Å². The lowest BCUT2D eigenvalue weighted by Gasteiger charge is -2.16. The monoisotopic (exact) mass is 419 g/mol. The Morgan fingerprint density at radius 3 is 2.33 bits per heavy atom. The van der Waals surface area contributed by atoms with Crippen LogP contribution < -0.4 is 9.64 Å². The molecule has 0 radical (unpaired) electrons. The van der Waals surface area contributed by atoms with Crippen LogP contribution in [0.3, 0.4) is 0 Å². The first-order chi connectivity index (χ1) is 14.6. The molecule has 4 rings (SSSR count). The first kappa shape index (κ1) is 19.9. The Balaban J connectivity index is 1.79. The molecule has 0 unspecified atom stereocenters. The zero-order valence-electron chi connectivity index (χ0n) is 16.2. The highest BCUT2D eigenvalue weighted by molar-refractivity contribution is 8.04. The Morgan fingerprint density at radius 1 is 0.900 bits per heavy atom. The summed E-state index contributed by atoms with van der Waals surface area (Å²) >= 11 is 1.23. The lowest BCUT2D eigenvalue weighted by atomic mass is 10.1. The number of rotatable bonds is 6. The molecule has 1 aliphatic heterocycles. The first-order valence-corrected chi connectivity index (χ1v) is 10.2. The number of hydrogen-bond donors (Lipinski definition) is 0. The number of nitrogens with zero attached hydrogens (tertiary/aromatic N) is 1. The summed E-state index contributed by atoms with van der Waals surface area (Å²) in [5, 5.41) is 0. The van der Waals surface area contributed by atoms with Gasteiger partial charge in [-0.15, -0.1) is 0 Å². The number of halogens is 1. The standard InChI is InChI=1S/C24H18FNO3S/c1-2-29-19-8-6-7-18(15-19)26-23(27)21(16-11-13-17(25)14-12-16)22(24(26)28)30-20-9-4-3-5-10-20/h3-15H,2H2,1H3. The molecule has 30 heavy (non-hydrogen) atoms. The van der Waals surface area contributed by atoms with Crippen LogP contribution in [0.4, 0.5) is 10.1 Å². The van der Waals surface area contributed by atoms with Crippen molar-refractivity contribution < 1.29 is 18.7 Å². The molecule has 0 saturated carbocycles. The second-order valence-corrected chi connectivity index (χ2v) is 7.59. The highest BCUT2D eigenvalue weighted by Gasteiger charge is 2.40. The maximum Gasteiger partial charge on any atom is 0.272 e. The Bertz CT molecular complexity index is 1130. The SMILES string of the molecule is CCOc1cccc(N2C(=O)C(Sc3ccccc3)=C(c3ccc(F)cc3)C2=O)c1. The molecule has 1 aliphatic rings. The van der Waals surface area contributed by atoms with E-state index < -0.39 is 17.6 Å². The smallest absolute Gasteiger partial charge is 0.272 e. The molecule has 0 bridgehead atoms. The summed E-state index contributed by atoms with van der Waals surface area (Å²) in [7, 11) is 0. The minimum atomic E-state index is -0.446. The molecule has 0 N–H and O–H groups in total. The van der Waals surface area contributed by atoms with Crippen LogP contribution in [0.5, 0.6) is 5.75 Å². The van der Waals surface area contributed by atoms with Crippen LogP contribution in [0.25, 0.3) is 5.57 Å². The van der Waals surface area contributed by atoms with Crippen LogP contribution in [-0.4, -0.2) is 18.4 Å². The quantitative estimate of drug-likeness (QED) is 0.509. The topological polar surface area (TPSA) is 46.6 Å². The number of hydrogen-bond acceptors (Lipinski definition) is 4. The highest BCUT2D eigenvalue weighted by atomic mass is 32.2. The summed E-state index contributed by atoms with van der Waals surface area (Å²) in [4.78, 5) is 29.0. The van der Waals surface area contributed by atoms with Gasteiger partial charge in [0.15, 0.2) is 0 Å². The lowest BCUT2D eigenvalue weighted by molar-refractivity contribution is -0.119. The van der Waals surface area contributed by atoms with Crippen molar-refractivity contribution >= 4 is 34.8 Å². The van der Waals surface area contributed by atoms with Gasteiger partial charge in [-0.05, 0) is 48.9 Å². The summed E-state index contributed by atoms with van der Waals surface area (Å²) < 4.78 is 19.0. The predicted octanol–water partition coefficient (Wildman–Crippen LogP) is 5.30. The van der Waals surface area contributed by atoms with E-state index in [1.165, 1.54) is 36.0 Å². The molecule has 150 valence electrons. The fourth-order valence-corrected chi connectivity index (χ4v) is 4.21. The van der Waals surface area contributed by atoms with Crippen molar-refractivity contribution in [2.24, 2.45) is 0 Å². The Labute approximate surface area is 178 Å². The second kappa shape index (κ2) is 8.55. The zero-order chi connectivity index (χ0) is 21.1. The fraction of sp³-hybridized carbons (Fsp3) is 0.0833. The van der Waals surface area contributed by atoms with Gasteiger partial charge in [0.25, 0.3) is 11.8 Å². The van der Waals surface area contributed by atoms with Gasteiger partial charge in [0.2, 0.25) is 0 Å². The Hall–Kier alpha value is -3.38. The van der Waals surface area contributed by atoms with E-state index in [2.05, 4.69) is 0 Å². The van der Waals surface area contributed by atoms with Crippen LogP contribution >= 0.6 is 11.8 Å². The summed E-state index contributed by atoms with van der Waals surface area (Å²) in [6.07, 6.45) is 0. The van der Waals surface area contributed by atoms with E-state index in [0.717, 1.165) is 9.80 Å². The van der Waals surface area contributed by atoms with Crippen molar-refractivity contribution in [2.45, 2.75) is 11.8 Å². The molecule has 3 aromatic carbocycles. The van der Waals surface area contributed by atoms with E-state index in [1.54, 1.807) is 24.3 Å². The maximum absolute atomic E-state index is 13.5. The van der Waals surface area contributed by atoms with Gasteiger partial charge in [0, 0.05) is 11.0 Å². The number of carbonyl (C=O) groups is 2. The average Bonchev–Trinajstić information content (AvgIpc) is 2.99. The van der Waals surface area contributed by atoms with Crippen molar-refractivity contribution in [1.82, 2.24) is 0 Å². The molecule has 2 amide bonds. The molecule has 0 aromatic heterocycles. The molecule has 0 atom stereocenters. The van der Waals surface area contributed by atoms with E-state index in [4.69, 9.17) is 4.74 Å². The second-order valence-electron chi connectivity index (χ2n) is 6.50. The molecule has 0 fully saturated rings. The van der Waals surface area contributed by atoms with E-state index in [1.807, 2.05) is 37.3 Å². The Kier molecular flexibility index (Phi) is 5.68. The van der Waals surface area contributed by atoms with Crippen molar-refractivity contribution in [3.05, 3.63) is 95.1 Å². The average molecular weight is 419 g/mol. The van der Waals surface area contributed by atoms with Crippen LogP contribution in [0.15, 0.2) is 88.7 Å². The summed E-state index contributed by atoms with van der Waals surface area (Å²) in [5.74, 6) is -0.696. The van der Waals surface area contributed by atoms with Crippen molar-refractivity contribution in [3.63, 3.8) is 0 Å². The third kappa shape index (κ3) is 3.86. The third-order valence-corrected chi connectivity index (χ3v) is 5.61. The number of benzene rings is 3. The van der Waals surface area contributed by atoms with E-state index in [0.29, 0.717) is 28.5 Å². The molecule has 6 heteroatoms. The number of imide groups is 1. The maximum atomic E-state index is 13.5. The number of thioether (sulfide) groups is 1. The normalized spacial score (nSPS) is 13.9. The van der Waals surface area contributed by atoms with E-state index in [-0.39, 0.29) is 5.57 Å². The van der Waals surface area contributed by atoms with E-state index in [9.17, 15) is 14.0 Å².